The molecule has 20 heavy (non-hydrogen) atoms. The van der Waals surface area contributed by atoms with Gasteiger partial charge in [0.25, 0.3) is 0 Å². The summed E-state index contributed by atoms with van der Waals surface area (Å²) in [6, 6.07) is 9.62. The summed E-state index contributed by atoms with van der Waals surface area (Å²) >= 11 is 0. The summed E-state index contributed by atoms with van der Waals surface area (Å²) in [6.45, 7) is 5.24. The first-order valence-corrected chi connectivity index (χ1v) is 6.95. The lowest BCUT2D eigenvalue weighted by molar-refractivity contribution is -0.130. The number of carbonyl (C=O) groups excluding carboxylic acids is 1. The Balaban J connectivity index is 2.11. The molecule has 2 rings (SSSR count). The lowest BCUT2D eigenvalue weighted by Crippen LogP contribution is -2.18. The van der Waals surface area contributed by atoms with Crippen molar-refractivity contribution >= 4 is 5.78 Å². The van der Waals surface area contributed by atoms with E-state index in [1.165, 1.54) is 0 Å². The average Bonchev–Trinajstić information content (AvgIpc) is 2.93. The van der Waals surface area contributed by atoms with Gasteiger partial charge in [-0.05, 0) is 25.0 Å². The molecule has 1 aromatic carbocycles. The molecule has 0 saturated carbocycles. The number of aryl methyl sites for hydroxylation is 1. The Morgan fingerprint density at radius 1 is 1.30 bits per heavy atom. The van der Waals surface area contributed by atoms with E-state index in [2.05, 4.69) is 5.10 Å². The SMILES string of the molecule is CCOC(C(=O)Cc1cnn(CC)c1)c1ccccc1. The summed E-state index contributed by atoms with van der Waals surface area (Å²) in [5.41, 5.74) is 1.83. The molecule has 0 saturated heterocycles. The predicted octanol–water partition coefficient (Wildman–Crippen LogP) is 2.79. The highest BCUT2D eigenvalue weighted by molar-refractivity contribution is 5.86. The lowest BCUT2D eigenvalue weighted by atomic mass is 10.0. The fourth-order valence-electron chi connectivity index (χ4n) is 2.13. The molecule has 0 N–H and O–H groups in total. The van der Waals surface area contributed by atoms with Crippen molar-refractivity contribution in [2.45, 2.75) is 32.9 Å². The van der Waals surface area contributed by atoms with Gasteiger partial charge in [-0.15, -0.1) is 0 Å². The molecule has 4 nitrogen and oxygen atoms in total. The predicted molar refractivity (Wildman–Crippen MR) is 77.4 cm³/mol. The second-order valence-corrected chi connectivity index (χ2v) is 4.59. The molecule has 0 aliphatic carbocycles. The van der Waals surface area contributed by atoms with E-state index in [9.17, 15) is 4.79 Å². The van der Waals surface area contributed by atoms with Crippen molar-refractivity contribution < 1.29 is 9.53 Å². The molecule has 106 valence electrons. The molecule has 0 amide bonds. The van der Waals surface area contributed by atoms with E-state index in [0.29, 0.717) is 13.0 Å². The van der Waals surface area contributed by atoms with Crippen LogP contribution in [-0.2, 0) is 22.5 Å². The van der Waals surface area contributed by atoms with Gasteiger partial charge in [0.1, 0.15) is 6.10 Å². The highest BCUT2D eigenvalue weighted by Crippen LogP contribution is 2.20. The van der Waals surface area contributed by atoms with Gasteiger partial charge in [-0.3, -0.25) is 9.48 Å². The molecule has 2 aromatic rings. The number of ketones is 1. The third-order valence-corrected chi connectivity index (χ3v) is 3.12. The van der Waals surface area contributed by atoms with Crippen molar-refractivity contribution in [3.8, 4) is 0 Å². The Labute approximate surface area is 119 Å². The Hall–Kier alpha value is -1.94. The van der Waals surface area contributed by atoms with Crippen molar-refractivity contribution in [3.63, 3.8) is 0 Å². The van der Waals surface area contributed by atoms with Crippen LogP contribution in [0.4, 0.5) is 0 Å². The van der Waals surface area contributed by atoms with Crippen LogP contribution in [0.3, 0.4) is 0 Å². The number of carbonyl (C=O) groups is 1. The highest BCUT2D eigenvalue weighted by Gasteiger charge is 2.21. The van der Waals surface area contributed by atoms with E-state index >= 15 is 0 Å². The minimum absolute atomic E-state index is 0.0636. The van der Waals surface area contributed by atoms with Gasteiger partial charge < -0.3 is 4.74 Å². The molecule has 1 atom stereocenters. The first-order valence-electron chi connectivity index (χ1n) is 6.95. The Bertz CT molecular complexity index is 549. The molecule has 0 radical (unpaired) electrons. The standard InChI is InChI=1S/C16H20N2O2/c1-3-18-12-13(11-17-18)10-15(19)16(20-4-2)14-8-6-5-7-9-14/h5-9,11-12,16H,3-4,10H2,1-2H3. The third-order valence-electron chi connectivity index (χ3n) is 3.12. The van der Waals surface area contributed by atoms with Crippen LogP contribution < -0.4 is 0 Å². The number of hydrogen-bond donors (Lipinski definition) is 0. The Kier molecular flexibility index (Phi) is 5.07. The van der Waals surface area contributed by atoms with Gasteiger partial charge in [0.2, 0.25) is 0 Å². The molecular weight excluding hydrogens is 252 g/mol. The topological polar surface area (TPSA) is 44.1 Å². The second-order valence-electron chi connectivity index (χ2n) is 4.59. The number of hydrogen-bond acceptors (Lipinski definition) is 3. The van der Waals surface area contributed by atoms with E-state index in [1.807, 2.05) is 55.1 Å². The molecule has 0 aliphatic heterocycles. The smallest absolute Gasteiger partial charge is 0.170 e. The molecule has 0 fully saturated rings. The van der Waals surface area contributed by atoms with Gasteiger partial charge in [0.15, 0.2) is 5.78 Å². The first kappa shape index (κ1) is 14.5. The van der Waals surface area contributed by atoms with Crippen molar-refractivity contribution in [3.05, 3.63) is 53.9 Å². The van der Waals surface area contributed by atoms with Crippen LogP contribution in [0.25, 0.3) is 0 Å². The largest absolute Gasteiger partial charge is 0.366 e. The maximum absolute atomic E-state index is 12.4. The fraction of sp³-hybridized carbons (Fsp3) is 0.375. The van der Waals surface area contributed by atoms with Gasteiger partial charge >= 0.3 is 0 Å². The van der Waals surface area contributed by atoms with Crippen LogP contribution in [0.2, 0.25) is 0 Å². The van der Waals surface area contributed by atoms with Crippen LogP contribution in [0.5, 0.6) is 0 Å². The zero-order valence-corrected chi connectivity index (χ0v) is 12.0. The van der Waals surface area contributed by atoms with Crippen molar-refractivity contribution in [2.75, 3.05) is 6.61 Å². The van der Waals surface area contributed by atoms with Gasteiger partial charge in [0.05, 0.1) is 6.20 Å². The second kappa shape index (κ2) is 7.01. The van der Waals surface area contributed by atoms with Gasteiger partial charge in [-0.1, -0.05) is 30.3 Å². The third kappa shape index (κ3) is 3.54. The zero-order chi connectivity index (χ0) is 14.4. The molecule has 1 unspecified atom stereocenters. The van der Waals surface area contributed by atoms with E-state index in [1.54, 1.807) is 6.20 Å². The molecule has 4 heteroatoms. The normalized spacial score (nSPS) is 12.3. The maximum Gasteiger partial charge on any atom is 0.170 e. The number of Topliss-reactive ketones (excluding diaryl/α,β-unsaturated/α-hetero) is 1. The number of rotatable bonds is 7. The Morgan fingerprint density at radius 3 is 2.65 bits per heavy atom. The fourth-order valence-corrected chi connectivity index (χ4v) is 2.13. The number of aromatic nitrogens is 2. The molecule has 0 bridgehead atoms. The van der Waals surface area contributed by atoms with E-state index in [4.69, 9.17) is 4.74 Å². The minimum atomic E-state index is -0.494. The minimum Gasteiger partial charge on any atom is -0.366 e. The average molecular weight is 272 g/mol. The van der Waals surface area contributed by atoms with Gasteiger partial charge in [-0.2, -0.15) is 5.10 Å². The number of benzene rings is 1. The summed E-state index contributed by atoms with van der Waals surface area (Å²) in [6.07, 6.45) is 3.51. The lowest BCUT2D eigenvalue weighted by Gasteiger charge is -2.15. The Morgan fingerprint density at radius 2 is 2.05 bits per heavy atom. The van der Waals surface area contributed by atoms with Gasteiger partial charge in [-0.25, -0.2) is 0 Å². The van der Waals surface area contributed by atoms with Crippen LogP contribution in [0, 0.1) is 0 Å². The summed E-state index contributed by atoms with van der Waals surface area (Å²) in [5.74, 6) is 0.0636. The van der Waals surface area contributed by atoms with Crippen LogP contribution in [0.15, 0.2) is 42.7 Å². The summed E-state index contributed by atoms with van der Waals surface area (Å²) in [7, 11) is 0. The van der Waals surface area contributed by atoms with Gasteiger partial charge in [0, 0.05) is 25.8 Å². The van der Waals surface area contributed by atoms with E-state index < -0.39 is 6.10 Å². The summed E-state index contributed by atoms with van der Waals surface area (Å²) in [4.78, 5) is 12.4. The molecule has 0 aliphatic rings. The van der Waals surface area contributed by atoms with Crippen molar-refractivity contribution in [2.24, 2.45) is 0 Å². The van der Waals surface area contributed by atoms with Crippen LogP contribution >= 0.6 is 0 Å². The summed E-state index contributed by atoms with van der Waals surface area (Å²) in [5, 5.41) is 4.19. The zero-order valence-electron chi connectivity index (χ0n) is 12.0. The first-order chi connectivity index (χ1) is 9.74. The van der Waals surface area contributed by atoms with Crippen LogP contribution in [-0.4, -0.2) is 22.2 Å². The molecular formula is C16H20N2O2. The van der Waals surface area contributed by atoms with Crippen molar-refractivity contribution in [1.82, 2.24) is 9.78 Å². The monoisotopic (exact) mass is 272 g/mol. The van der Waals surface area contributed by atoms with Crippen molar-refractivity contribution in [1.29, 1.82) is 0 Å². The van der Waals surface area contributed by atoms with E-state index in [-0.39, 0.29) is 5.78 Å². The maximum atomic E-state index is 12.4. The molecule has 0 spiro atoms. The quantitative estimate of drug-likeness (QED) is 0.778. The van der Waals surface area contributed by atoms with E-state index in [0.717, 1.165) is 17.7 Å². The number of nitrogens with zero attached hydrogens (tertiary/aromatic N) is 2. The summed E-state index contributed by atoms with van der Waals surface area (Å²) < 4.78 is 7.44. The number of ether oxygens (including phenoxy) is 1. The van der Waals surface area contributed by atoms with Crippen LogP contribution in [0.1, 0.15) is 31.1 Å². The molecule has 1 aromatic heterocycles. The highest BCUT2D eigenvalue weighted by atomic mass is 16.5. The molecule has 1 heterocycles.